The number of hydrogen-bond acceptors (Lipinski definition) is 3. The predicted molar refractivity (Wildman–Crippen MR) is 83.6 cm³/mol. The summed E-state index contributed by atoms with van der Waals surface area (Å²) >= 11 is 8.15. The fraction of sp³-hybridized carbons (Fsp3) is 0.214. The molecule has 5 heteroatoms. The summed E-state index contributed by atoms with van der Waals surface area (Å²) in [5.41, 5.74) is 1.45. The molecule has 1 unspecified atom stereocenters. The fourth-order valence-electron chi connectivity index (χ4n) is 1.73. The molecule has 1 aromatic heterocycles. The Morgan fingerprint density at radius 3 is 2.89 bits per heavy atom. The summed E-state index contributed by atoms with van der Waals surface area (Å²) in [4.78, 5) is 4.08. The average molecular weight is 390 g/mol. The third kappa shape index (κ3) is 3.58. The van der Waals surface area contributed by atoms with Crippen LogP contribution in [-0.2, 0) is 0 Å². The number of aliphatic hydroxyl groups excluding tert-OH is 1. The standard InChI is InChI=1S/C14H13ClINO2/c1-2-19-11-5-9(7-17-8-11)14(18)12-6-10(15)3-4-13(12)16/h3-8,14,18H,2H2,1H3. The number of benzene rings is 1. The Kier molecular flexibility index (Phi) is 5.01. The molecule has 0 amide bonds. The summed E-state index contributed by atoms with van der Waals surface area (Å²) in [5.74, 6) is 0.649. The molecule has 2 aromatic rings. The zero-order chi connectivity index (χ0) is 13.8. The van der Waals surface area contributed by atoms with Crippen LogP contribution in [-0.4, -0.2) is 16.7 Å². The number of aromatic nitrogens is 1. The lowest BCUT2D eigenvalue weighted by Crippen LogP contribution is -2.03. The van der Waals surface area contributed by atoms with Crippen molar-refractivity contribution >= 4 is 34.2 Å². The molecule has 1 aromatic carbocycles. The first kappa shape index (κ1) is 14.6. The van der Waals surface area contributed by atoms with Gasteiger partial charge < -0.3 is 9.84 Å². The molecule has 2 rings (SSSR count). The molecule has 0 saturated heterocycles. The molecule has 0 spiro atoms. The molecule has 100 valence electrons. The van der Waals surface area contributed by atoms with Gasteiger partial charge in [-0.05, 0) is 59.3 Å². The lowest BCUT2D eigenvalue weighted by molar-refractivity contribution is 0.218. The molecular weight excluding hydrogens is 377 g/mol. The van der Waals surface area contributed by atoms with Gasteiger partial charge in [-0.3, -0.25) is 4.98 Å². The van der Waals surface area contributed by atoms with Gasteiger partial charge in [-0.25, -0.2) is 0 Å². The molecule has 0 saturated carbocycles. The molecule has 0 aliphatic rings. The summed E-state index contributed by atoms with van der Waals surface area (Å²) in [6, 6.07) is 7.23. The highest BCUT2D eigenvalue weighted by Crippen LogP contribution is 2.29. The van der Waals surface area contributed by atoms with Crippen molar-refractivity contribution < 1.29 is 9.84 Å². The molecule has 0 aliphatic heterocycles. The molecule has 1 atom stereocenters. The maximum atomic E-state index is 10.4. The van der Waals surface area contributed by atoms with Gasteiger partial charge in [0.1, 0.15) is 11.9 Å². The summed E-state index contributed by atoms with van der Waals surface area (Å²) in [7, 11) is 0. The predicted octanol–water partition coefficient (Wildman–Crippen LogP) is 3.82. The SMILES string of the molecule is CCOc1cncc(C(O)c2cc(Cl)ccc2I)c1. The van der Waals surface area contributed by atoms with E-state index in [4.69, 9.17) is 16.3 Å². The van der Waals surface area contributed by atoms with Crippen LogP contribution in [0.3, 0.4) is 0 Å². The number of hydrogen-bond donors (Lipinski definition) is 1. The number of nitrogens with zero attached hydrogens (tertiary/aromatic N) is 1. The van der Waals surface area contributed by atoms with E-state index in [2.05, 4.69) is 27.6 Å². The van der Waals surface area contributed by atoms with Gasteiger partial charge in [-0.1, -0.05) is 11.6 Å². The Bertz CT molecular complexity index is 577. The van der Waals surface area contributed by atoms with E-state index in [0.29, 0.717) is 22.9 Å². The van der Waals surface area contributed by atoms with E-state index in [1.165, 1.54) is 0 Å². The molecule has 1 N–H and O–H groups in total. The van der Waals surface area contributed by atoms with E-state index in [-0.39, 0.29) is 0 Å². The molecule has 0 fully saturated rings. The fourth-order valence-corrected chi connectivity index (χ4v) is 2.55. The Morgan fingerprint density at radius 2 is 2.16 bits per heavy atom. The van der Waals surface area contributed by atoms with E-state index < -0.39 is 6.10 Å². The van der Waals surface area contributed by atoms with Crippen molar-refractivity contribution in [2.24, 2.45) is 0 Å². The monoisotopic (exact) mass is 389 g/mol. The lowest BCUT2D eigenvalue weighted by atomic mass is 10.0. The zero-order valence-corrected chi connectivity index (χ0v) is 13.2. The third-order valence-electron chi connectivity index (χ3n) is 2.61. The van der Waals surface area contributed by atoms with Crippen LogP contribution in [0.25, 0.3) is 0 Å². The number of halogens is 2. The van der Waals surface area contributed by atoms with Crippen molar-refractivity contribution in [1.82, 2.24) is 4.98 Å². The molecule has 19 heavy (non-hydrogen) atoms. The number of pyridine rings is 1. The minimum absolute atomic E-state index is 0.565. The van der Waals surface area contributed by atoms with Crippen LogP contribution >= 0.6 is 34.2 Å². The Labute approximate surface area is 130 Å². The van der Waals surface area contributed by atoms with E-state index in [1.54, 1.807) is 30.6 Å². The first-order valence-corrected chi connectivity index (χ1v) is 7.28. The maximum absolute atomic E-state index is 10.4. The van der Waals surface area contributed by atoms with Gasteiger partial charge in [0.25, 0.3) is 0 Å². The summed E-state index contributed by atoms with van der Waals surface area (Å²) in [6.07, 6.45) is 2.49. The molecule has 0 aliphatic carbocycles. The molecule has 1 heterocycles. The van der Waals surface area contributed by atoms with Gasteiger partial charge in [-0.15, -0.1) is 0 Å². The smallest absolute Gasteiger partial charge is 0.137 e. The average Bonchev–Trinajstić information content (AvgIpc) is 2.41. The van der Waals surface area contributed by atoms with Gasteiger partial charge in [0.15, 0.2) is 0 Å². The highest BCUT2D eigenvalue weighted by molar-refractivity contribution is 14.1. The van der Waals surface area contributed by atoms with Crippen molar-refractivity contribution in [3.63, 3.8) is 0 Å². The Hall–Kier alpha value is -0.850. The van der Waals surface area contributed by atoms with Gasteiger partial charge in [0.05, 0.1) is 12.8 Å². The van der Waals surface area contributed by atoms with Crippen LogP contribution in [0, 0.1) is 3.57 Å². The van der Waals surface area contributed by atoms with Crippen molar-refractivity contribution in [3.8, 4) is 5.75 Å². The summed E-state index contributed by atoms with van der Waals surface area (Å²) < 4.78 is 6.34. The molecule has 0 radical (unpaired) electrons. The van der Waals surface area contributed by atoms with Crippen LogP contribution < -0.4 is 4.74 Å². The second-order valence-electron chi connectivity index (χ2n) is 3.96. The Morgan fingerprint density at radius 1 is 1.37 bits per heavy atom. The van der Waals surface area contributed by atoms with Gasteiger partial charge in [-0.2, -0.15) is 0 Å². The maximum Gasteiger partial charge on any atom is 0.137 e. The first-order valence-electron chi connectivity index (χ1n) is 5.82. The summed E-state index contributed by atoms with van der Waals surface area (Å²) in [6.45, 7) is 2.47. The number of rotatable bonds is 4. The lowest BCUT2D eigenvalue weighted by Gasteiger charge is -2.14. The Balaban J connectivity index is 2.35. The first-order chi connectivity index (χ1) is 9.11. The van der Waals surface area contributed by atoms with Gasteiger partial charge in [0, 0.05) is 20.4 Å². The van der Waals surface area contributed by atoms with Crippen LogP contribution in [0.1, 0.15) is 24.2 Å². The van der Waals surface area contributed by atoms with Crippen molar-refractivity contribution in [3.05, 3.63) is 56.4 Å². The normalized spacial score (nSPS) is 12.2. The van der Waals surface area contributed by atoms with E-state index in [0.717, 1.165) is 9.13 Å². The van der Waals surface area contributed by atoms with E-state index >= 15 is 0 Å². The zero-order valence-electron chi connectivity index (χ0n) is 10.3. The number of ether oxygens (including phenoxy) is 1. The molecule has 0 bridgehead atoms. The van der Waals surface area contributed by atoms with Crippen LogP contribution in [0.15, 0.2) is 36.7 Å². The van der Waals surface area contributed by atoms with Crippen molar-refractivity contribution in [1.29, 1.82) is 0 Å². The van der Waals surface area contributed by atoms with E-state index in [9.17, 15) is 5.11 Å². The third-order valence-corrected chi connectivity index (χ3v) is 3.83. The largest absolute Gasteiger partial charge is 0.492 e. The molecule has 3 nitrogen and oxygen atoms in total. The number of aliphatic hydroxyl groups is 1. The topological polar surface area (TPSA) is 42.4 Å². The second-order valence-corrected chi connectivity index (χ2v) is 5.55. The highest BCUT2D eigenvalue weighted by atomic mass is 127. The van der Waals surface area contributed by atoms with Crippen LogP contribution in [0.4, 0.5) is 0 Å². The second kappa shape index (κ2) is 6.54. The van der Waals surface area contributed by atoms with Crippen LogP contribution in [0.5, 0.6) is 5.75 Å². The molecular formula is C14H13ClINO2. The minimum Gasteiger partial charge on any atom is -0.492 e. The van der Waals surface area contributed by atoms with Crippen molar-refractivity contribution in [2.75, 3.05) is 6.61 Å². The summed E-state index contributed by atoms with van der Waals surface area (Å²) in [5, 5.41) is 11.0. The van der Waals surface area contributed by atoms with Gasteiger partial charge in [0.2, 0.25) is 0 Å². The van der Waals surface area contributed by atoms with Gasteiger partial charge >= 0.3 is 0 Å². The van der Waals surface area contributed by atoms with Crippen LogP contribution in [0.2, 0.25) is 5.02 Å². The quantitative estimate of drug-likeness (QED) is 0.809. The van der Waals surface area contributed by atoms with Crippen molar-refractivity contribution in [2.45, 2.75) is 13.0 Å². The highest BCUT2D eigenvalue weighted by Gasteiger charge is 2.15. The minimum atomic E-state index is -0.765. The van der Waals surface area contributed by atoms with E-state index in [1.807, 2.05) is 13.0 Å².